The summed E-state index contributed by atoms with van der Waals surface area (Å²) in [6, 6.07) is 0. The van der Waals surface area contributed by atoms with Crippen LogP contribution in [0.3, 0.4) is 0 Å². The number of nitrogens with zero attached hydrogens (tertiary/aromatic N) is 2. The van der Waals surface area contributed by atoms with Gasteiger partial charge in [0.2, 0.25) is 0 Å². The molecule has 8 heteroatoms. The van der Waals surface area contributed by atoms with E-state index in [1.165, 1.54) is 11.8 Å². The Morgan fingerprint density at radius 3 is 2.63 bits per heavy atom. The molecule has 0 atom stereocenters. The van der Waals surface area contributed by atoms with Crippen LogP contribution in [-0.4, -0.2) is 42.0 Å². The SMILES string of the molecule is CCNc1nn(CC(=O)OCC)c(N)c1C(=O)OC. The Kier molecular flexibility index (Phi) is 5.16. The van der Waals surface area contributed by atoms with Crippen molar-refractivity contribution in [1.82, 2.24) is 9.78 Å². The first-order valence-electron chi connectivity index (χ1n) is 5.89. The fourth-order valence-corrected chi connectivity index (χ4v) is 1.52. The van der Waals surface area contributed by atoms with Gasteiger partial charge in [-0.25, -0.2) is 9.48 Å². The first kappa shape index (κ1) is 14.8. The molecule has 0 aliphatic carbocycles. The predicted molar refractivity (Wildman–Crippen MR) is 68.8 cm³/mol. The molecular formula is C11H18N4O4. The fraction of sp³-hybridized carbons (Fsp3) is 0.545. The molecule has 0 saturated heterocycles. The molecule has 19 heavy (non-hydrogen) atoms. The van der Waals surface area contributed by atoms with E-state index in [1.54, 1.807) is 6.92 Å². The lowest BCUT2D eigenvalue weighted by molar-refractivity contribution is -0.144. The zero-order chi connectivity index (χ0) is 14.4. The van der Waals surface area contributed by atoms with Crippen LogP contribution in [-0.2, 0) is 20.8 Å². The zero-order valence-corrected chi connectivity index (χ0v) is 11.2. The lowest BCUT2D eigenvalue weighted by Crippen LogP contribution is -2.16. The van der Waals surface area contributed by atoms with E-state index in [2.05, 4.69) is 15.2 Å². The van der Waals surface area contributed by atoms with Crippen molar-refractivity contribution in [1.29, 1.82) is 0 Å². The third-order valence-corrected chi connectivity index (χ3v) is 2.31. The van der Waals surface area contributed by atoms with E-state index in [1.807, 2.05) is 6.92 Å². The van der Waals surface area contributed by atoms with Gasteiger partial charge in [-0.15, -0.1) is 0 Å². The van der Waals surface area contributed by atoms with E-state index < -0.39 is 11.9 Å². The molecule has 0 aromatic carbocycles. The molecule has 0 aliphatic rings. The maximum Gasteiger partial charge on any atom is 0.345 e. The van der Waals surface area contributed by atoms with Crippen LogP contribution >= 0.6 is 0 Å². The lowest BCUT2D eigenvalue weighted by Gasteiger charge is -2.04. The van der Waals surface area contributed by atoms with E-state index in [4.69, 9.17) is 10.5 Å². The number of rotatable bonds is 6. The molecule has 0 amide bonds. The summed E-state index contributed by atoms with van der Waals surface area (Å²) in [5.41, 5.74) is 5.93. The molecule has 1 aromatic rings. The van der Waals surface area contributed by atoms with Crippen LogP contribution in [0, 0.1) is 0 Å². The highest BCUT2D eigenvalue weighted by molar-refractivity contribution is 5.99. The van der Waals surface area contributed by atoms with Crippen molar-refractivity contribution in [2.45, 2.75) is 20.4 Å². The number of methoxy groups -OCH3 is 1. The number of hydrogen-bond acceptors (Lipinski definition) is 7. The number of nitrogen functional groups attached to an aromatic ring is 1. The summed E-state index contributed by atoms with van der Waals surface area (Å²) >= 11 is 0. The molecule has 0 spiro atoms. The highest BCUT2D eigenvalue weighted by Gasteiger charge is 2.23. The normalized spacial score (nSPS) is 10.1. The minimum absolute atomic E-state index is 0.0656. The van der Waals surface area contributed by atoms with Crippen LogP contribution in [0.1, 0.15) is 24.2 Å². The maximum absolute atomic E-state index is 11.6. The predicted octanol–water partition coefficient (Wildman–Crippen LogP) is 0.247. The zero-order valence-electron chi connectivity index (χ0n) is 11.2. The molecule has 1 heterocycles. The quantitative estimate of drug-likeness (QED) is 0.713. The number of hydrogen-bond donors (Lipinski definition) is 2. The molecule has 106 valence electrons. The van der Waals surface area contributed by atoms with E-state index in [0.717, 1.165) is 0 Å². The highest BCUT2D eigenvalue weighted by atomic mass is 16.5. The summed E-state index contributed by atoms with van der Waals surface area (Å²) in [6.45, 7) is 4.22. The van der Waals surface area contributed by atoms with Crippen molar-refractivity contribution in [3.8, 4) is 0 Å². The third kappa shape index (κ3) is 3.36. The number of aromatic nitrogens is 2. The minimum Gasteiger partial charge on any atom is -0.465 e. The largest absolute Gasteiger partial charge is 0.465 e. The molecule has 8 nitrogen and oxygen atoms in total. The first-order chi connectivity index (χ1) is 9.04. The Balaban J connectivity index is 3.06. The van der Waals surface area contributed by atoms with Gasteiger partial charge in [-0.05, 0) is 13.8 Å². The number of carbonyl (C=O) groups is 2. The summed E-state index contributed by atoms with van der Waals surface area (Å²) in [5, 5.41) is 6.96. The van der Waals surface area contributed by atoms with Gasteiger partial charge in [0.1, 0.15) is 17.9 Å². The van der Waals surface area contributed by atoms with Crippen LogP contribution < -0.4 is 11.1 Å². The van der Waals surface area contributed by atoms with E-state index in [9.17, 15) is 9.59 Å². The number of ether oxygens (including phenoxy) is 2. The molecule has 0 unspecified atom stereocenters. The standard InChI is InChI=1S/C11H18N4O4/c1-4-13-10-8(11(17)18-3)9(12)15(14-10)6-7(16)19-5-2/h4-6,12H2,1-3H3,(H,13,14). The Labute approximate surface area is 110 Å². The van der Waals surface area contributed by atoms with Crippen molar-refractivity contribution < 1.29 is 19.1 Å². The first-order valence-corrected chi connectivity index (χ1v) is 5.89. The molecule has 1 aromatic heterocycles. The Morgan fingerprint density at radius 2 is 2.11 bits per heavy atom. The second kappa shape index (κ2) is 6.62. The van der Waals surface area contributed by atoms with Gasteiger partial charge in [-0.2, -0.15) is 5.10 Å². The number of nitrogens with two attached hydrogens (primary N) is 1. The van der Waals surface area contributed by atoms with Crippen LogP contribution in [0.2, 0.25) is 0 Å². The number of carbonyl (C=O) groups excluding carboxylic acids is 2. The van der Waals surface area contributed by atoms with Gasteiger partial charge < -0.3 is 20.5 Å². The number of anilines is 2. The highest BCUT2D eigenvalue weighted by Crippen LogP contribution is 2.22. The van der Waals surface area contributed by atoms with Gasteiger partial charge in [0.25, 0.3) is 0 Å². The average Bonchev–Trinajstić information content (AvgIpc) is 2.66. The number of esters is 2. The Hall–Kier alpha value is -2.25. The summed E-state index contributed by atoms with van der Waals surface area (Å²) in [4.78, 5) is 23.1. The van der Waals surface area contributed by atoms with Gasteiger partial charge >= 0.3 is 11.9 Å². The summed E-state index contributed by atoms with van der Waals surface area (Å²) in [6.07, 6.45) is 0. The van der Waals surface area contributed by atoms with Crippen molar-refractivity contribution >= 4 is 23.6 Å². The average molecular weight is 270 g/mol. The van der Waals surface area contributed by atoms with Gasteiger partial charge in [0.15, 0.2) is 5.82 Å². The van der Waals surface area contributed by atoms with Crippen LogP contribution in [0.15, 0.2) is 0 Å². The summed E-state index contributed by atoms with van der Waals surface area (Å²) in [5.74, 6) is -0.730. The van der Waals surface area contributed by atoms with E-state index in [0.29, 0.717) is 6.54 Å². The van der Waals surface area contributed by atoms with Gasteiger partial charge in [0.05, 0.1) is 13.7 Å². The molecule has 0 fully saturated rings. The molecule has 0 bridgehead atoms. The molecule has 1 rings (SSSR count). The second-order valence-corrected chi connectivity index (χ2v) is 3.59. The number of nitrogens with one attached hydrogen (secondary N) is 1. The summed E-state index contributed by atoms with van der Waals surface area (Å²) in [7, 11) is 1.25. The molecule has 0 saturated carbocycles. The fourth-order valence-electron chi connectivity index (χ4n) is 1.52. The lowest BCUT2D eigenvalue weighted by atomic mass is 10.3. The monoisotopic (exact) mass is 270 g/mol. The van der Waals surface area contributed by atoms with Gasteiger partial charge in [-0.1, -0.05) is 0 Å². The van der Waals surface area contributed by atoms with Crippen molar-refractivity contribution in [3.05, 3.63) is 5.56 Å². The minimum atomic E-state index is -0.608. The van der Waals surface area contributed by atoms with Crippen LogP contribution in [0.5, 0.6) is 0 Å². The van der Waals surface area contributed by atoms with Crippen molar-refractivity contribution in [2.75, 3.05) is 31.3 Å². The van der Waals surface area contributed by atoms with Crippen LogP contribution in [0.25, 0.3) is 0 Å². The topological polar surface area (TPSA) is 108 Å². The van der Waals surface area contributed by atoms with Crippen molar-refractivity contribution in [2.24, 2.45) is 0 Å². The summed E-state index contributed by atoms with van der Waals surface area (Å²) < 4.78 is 10.7. The molecule has 0 radical (unpaired) electrons. The van der Waals surface area contributed by atoms with E-state index in [-0.39, 0.29) is 30.4 Å². The Morgan fingerprint density at radius 1 is 1.42 bits per heavy atom. The van der Waals surface area contributed by atoms with Crippen LogP contribution in [0.4, 0.5) is 11.6 Å². The molecular weight excluding hydrogens is 252 g/mol. The van der Waals surface area contributed by atoms with Gasteiger partial charge in [-0.3, -0.25) is 4.79 Å². The smallest absolute Gasteiger partial charge is 0.345 e. The second-order valence-electron chi connectivity index (χ2n) is 3.59. The van der Waals surface area contributed by atoms with Gasteiger partial charge in [0, 0.05) is 6.54 Å². The van der Waals surface area contributed by atoms with Crippen molar-refractivity contribution in [3.63, 3.8) is 0 Å². The Bertz CT molecular complexity index is 470. The molecule has 0 aliphatic heterocycles. The third-order valence-electron chi connectivity index (χ3n) is 2.31. The molecule has 3 N–H and O–H groups in total. The van der Waals surface area contributed by atoms with E-state index >= 15 is 0 Å². The maximum atomic E-state index is 11.6.